The molecule has 0 bridgehead atoms. The highest BCUT2D eigenvalue weighted by Crippen LogP contribution is 2.31. The fourth-order valence-corrected chi connectivity index (χ4v) is 4.33. The standard InChI is InChI=1S/C24H20F3N3O2S/c1-31-21-11-6-15(12-22(21)32-2)13-23-28-29-24(30(23)17-9-7-16(25)8-10-17)33-14-18-19(26)4-3-5-20(18)27/h3-12H,13-14H2,1-2H3. The zero-order chi connectivity index (χ0) is 23.4. The lowest BCUT2D eigenvalue weighted by Crippen LogP contribution is -2.05. The Morgan fingerprint density at radius 2 is 1.55 bits per heavy atom. The molecule has 4 aromatic rings. The monoisotopic (exact) mass is 471 g/mol. The third-order valence-corrected chi connectivity index (χ3v) is 5.96. The van der Waals surface area contributed by atoms with E-state index in [1.807, 2.05) is 12.1 Å². The van der Waals surface area contributed by atoms with Crippen LogP contribution in [-0.4, -0.2) is 29.0 Å². The van der Waals surface area contributed by atoms with Gasteiger partial charge in [-0.15, -0.1) is 10.2 Å². The van der Waals surface area contributed by atoms with Gasteiger partial charge in [0.05, 0.1) is 14.2 Å². The van der Waals surface area contributed by atoms with Gasteiger partial charge in [0.25, 0.3) is 0 Å². The first-order valence-electron chi connectivity index (χ1n) is 9.97. The lowest BCUT2D eigenvalue weighted by Gasteiger charge is -2.12. The quantitative estimate of drug-likeness (QED) is 0.314. The molecular weight excluding hydrogens is 451 g/mol. The zero-order valence-electron chi connectivity index (χ0n) is 17.9. The second-order valence-electron chi connectivity index (χ2n) is 7.07. The van der Waals surface area contributed by atoms with Crippen molar-refractivity contribution in [3.63, 3.8) is 0 Å². The summed E-state index contributed by atoms with van der Waals surface area (Å²) in [6, 6.07) is 15.1. The zero-order valence-corrected chi connectivity index (χ0v) is 18.7. The molecule has 3 aromatic carbocycles. The number of nitrogens with zero attached hydrogens (tertiary/aromatic N) is 3. The van der Waals surface area contributed by atoms with E-state index in [4.69, 9.17) is 9.47 Å². The van der Waals surface area contributed by atoms with Crippen molar-refractivity contribution in [2.45, 2.75) is 17.3 Å². The summed E-state index contributed by atoms with van der Waals surface area (Å²) in [7, 11) is 3.11. The van der Waals surface area contributed by atoms with Gasteiger partial charge in [-0.1, -0.05) is 23.9 Å². The molecule has 0 aliphatic rings. The number of rotatable bonds is 8. The number of ether oxygens (including phenoxy) is 2. The minimum atomic E-state index is -0.624. The molecule has 0 amide bonds. The van der Waals surface area contributed by atoms with Gasteiger partial charge in [0.2, 0.25) is 0 Å². The molecule has 33 heavy (non-hydrogen) atoms. The summed E-state index contributed by atoms with van der Waals surface area (Å²) in [5, 5.41) is 8.98. The Balaban J connectivity index is 1.69. The summed E-state index contributed by atoms with van der Waals surface area (Å²) in [5.41, 5.74) is 1.48. The molecule has 0 N–H and O–H groups in total. The lowest BCUT2D eigenvalue weighted by atomic mass is 10.1. The second kappa shape index (κ2) is 9.99. The van der Waals surface area contributed by atoms with Gasteiger partial charge in [-0.05, 0) is 54.1 Å². The molecule has 9 heteroatoms. The van der Waals surface area contributed by atoms with Gasteiger partial charge in [-0.3, -0.25) is 4.57 Å². The Hall–Kier alpha value is -3.46. The highest BCUT2D eigenvalue weighted by molar-refractivity contribution is 7.98. The second-order valence-corrected chi connectivity index (χ2v) is 8.01. The van der Waals surface area contributed by atoms with Crippen molar-refractivity contribution >= 4 is 11.8 Å². The normalized spacial score (nSPS) is 10.9. The topological polar surface area (TPSA) is 49.2 Å². The highest BCUT2D eigenvalue weighted by atomic mass is 32.2. The van der Waals surface area contributed by atoms with Crippen LogP contribution >= 0.6 is 11.8 Å². The third-order valence-electron chi connectivity index (χ3n) is 5.00. The van der Waals surface area contributed by atoms with E-state index < -0.39 is 11.6 Å². The van der Waals surface area contributed by atoms with Crippen molar-refractivity contribution in [2.75, 3.05) is 14.2 Å². The van der Waals surface area contributed by atoms with E-state index in [1.54, 1.807) is 37.0 Å². The Morgan fingerprint density at radius 3 is 2.21 bits per heavy atom. The van der Waals surface area contributed by atoms with E-state index in [0.717, 1.165) is 17.3 Å². The summed E-state index contributed by atoms with van der Waals surface area (Å²) in [5.74, 6) is 0.147. The maximum atomic E-state index is 14.1. The van der Waals surface area contributed by atoms with Crippen molar-refractivity contribution in [3.8, 4) is 17.2 Å². The molecule has 0 unspecified atom stereocenters. The predicted octanol–water partition coefficient (Wildman–Crippen LogP) is 5.58. The number of benzene rings is 3. The van der Waals surface area contributed by atoms with Gasteiger partial charge in [0.15, 0.2) is 16.7 Å². The summed E-state index contributed by atoms with van der Waals surface area (Å²) < 4.78 is 54.1. The number of halogens is 3. The van der Waals surface area contributed by atoms with Crippen LogP contribution in [0.2, 0.25) is 0 Å². The smallest absolute Gasteiger partial charge is 0.196 e. The van der Waals surface area contributed by atoms with Crippen molar-refractivity contribution in [1.29, 1.82) is 0 Å². The molecule has 5 nitrogen and oxygen atoms in total. The fraction of sp³-hybridized carbons (Fsp3) is 0.167. The molecule has 0 saturated heterocycles. The van der Waals surface area contributed by atoms with Gasteiger partial charge < -0.3 is 9.47 Å². The van der Waals surface area contributed by atoms with Crippen LogP contribution in [0.4, 0.5) is 13.2 Å². The molecule has 0 radical (unpaired) electrons. The lowest BCUT2D eigenvalue weighted by molar-refractivity contribution is 0.354. The van der Waals surface area contributed by atoms with E-state index in [9.17, 15) is 13.2 Å². The summed E-state index contributed by atoms with van der Waals surface area (Å²) >= 11 is 1.14. The van der Waals surface area contributed by atoms with Crippen molar-refractivity contribution in [1.82, 2.24) is 14.8 Å². The largest absolute Gasteiger partial charge is 0.493 e. The molecule has 170 valence electrons. The van der Waals surface area contributed by atoms with E-state index in [0.29, 0.717) is 34.6 Å². The van der Waals surface area contributed by atoms with Gasteiger partial charge in [0, 0.05) is 23.4 Å². The molecule has 1 heterocycles. The molecule has 1 aromatic heterocycles. The fourth-order valence-electron chi connectivity index (χ4n) is 3.34. The van der Waals surface area contributed by atoms with E-state index >= 15 is 0 Å². The number of methoxy groups -OCH3 is 2. The summed E-state index contributed by atoms with van der Waals surface area (Å²) in [4.78, 5) is 0. The predicted molar refractivity (Wildman–Crippen MR) is 120 cm³/mol. The van der Waals surface area contributed by atoms with Crippen LogP contribution in [-0.2, 0) is 12.2 Å². The summed E-state index contributed by atoms with van der Waals surface area (Å²) in [6.07, 6.45) is 0.388. The average Bonchev–Trinajstić information content (AvgIpc) is 3.21. The molecule has 0 spiro atoms. The SMILES string of the molecule is COc1ccc(Cc2nnc(SCc3c(F)cccc3F)n2-c2ccc(F)cc2)cc1OC. The van der Waals surface area contributed by atoms with Crippen molar-refractivity contribution in [2.24, 2.45) is 0 Å². The number of aromatic nitrogens is 3. The molecule has 0 fully saturated rings. The minimum absolute atomic E-state index is 0.0220. The van der Waals surface area contributed by atoms with E-state index in [2.05, 4.69) is 10.2 Å². The maximum absolute atomic E-state index is 14.1. The van der Waals surface area contributed by atoms with Crippen LogP contribution in [0.15, 0.2) is 65.8 Å². The molecular formula is C24H20F3N3O2S. The Bertz CT molecular complexity index is 1240. The van der Waals surface area contributed by atoms with Crippen LogP contribution in [0, 0.1) is 17.5 Å². The molecule has 0 aliphatic carbocycles. The van der Waals surface area contributed by atoms with Gasteiger partial charge >= 0.3 is 0 Å². The number of hydrogen-bond acceptors (Lipinski definition) is 5. The maximum Gasteiger partial charge on any atom is 0.196 e. The van der Waals surface area contributed by atoms with Gasteiger partial charge in [-0.2, -0.15) is 0 Å². The highest BCUT2D eigenvalue weighted by Gasteiger charge is 2.18. The summed E-state index contributed by atoms with van der Waals surface area (Å²) in [6.45, 7) is 0. The average molecular weight is 472 g/mol. The van der Waals surface area contributed by atoms with Crippen molar-refractivity contribution in [3.05, 3.63) is 95.1 Å². The Kier molecular flexibility index (Phi) is 6.88. The number of thioether (sulfide) groups is 1. The Morgan fingerprint density at radius 1 is 0.848 bits per heavy atom. The minimum Gasteiger partial charge on any atom is -0.493 e. The molecule has 0 atom stereocenters. The Labute approximate surface area is 193 Å². The first-order valence-corrected chi connectivity index (χ1v) is 11.0. The first kappa shape index (κ1) is 22.7. The first-order chi connectivity index (χ1) is 16.0. The van der Waals surface area contributed by atoms with Crippen LogP contribution < -0.4 is 9.47 Å². The van der Waals surface area contributed by atoms with Gasteiger partial charge in [-0.25, -0.2) is 13.2 Å². The molecule has 0 saturated carbocycles. The van der Waals surface area contributed by atoms with Crippen LogP contribution in [0.3, 0.4) is 0 Å². The van der Waals surface area contributed by atoms with Crippen LogP contribution in [0.5, 0.6) is 11.5 Å². The van der Waals surface area contributed by atoms with Gasteiger partial charge in [0.1, 0.15) is 23.3 Å². The molecule has 4 rings (SSSR count). The molecule has 0 aliphatic heterocycles. The van der Waals surface area contributed by atoms with Crippen LogP contribution in [0.25, 0.3) is 5.69 Å². The third kappa shape index (κ3) is 4.98. The number of hydrogen-bond donors (Lipinski definition) is 0. The van der Waals surface area contributed by atoms with E-state index in [-0.39, 0.29) is 17.1 Å². The van der Waals surface area contributed by atoms with Crippen LogP contribution in [0.1, 0.15) is 17.0 Å². The van der Waals surface area contributed by atoms with E-state index in [1.165, 1.54) is 30.3 Å². The van der Waals surface area contributed by atoms with Crippen molar-refractivity contribution < 1.29 is 22.6 Å².